The van der Waals surface area contributed by atoms with E-state index in [1.165, 1.54) is 12.0 Å². The van der Waals surface area contributed by atoms with Crippen LogP contribution in [0.1, 0.15) is 44.1 Å². The predicted molar refractivity (Wildman–Crippen MR) is 87.3 cm³/mol. The third-order valence-corrected chi connectivity index (χ3v) is 6.94. The van der Waals surface area contributed by atoms with E-state index in [1.54, 1.807) is 6.07 Å². The number of carbonyl (C=O) groups is 1. The van der Waals surface area contributed by atoms with Crippen LogP contribution in [0.2, 0.25) is 0 Å². The van der Waals surface area contributed by atoms with Crippen molar-refractivity contribution in [3.8, 4) is 5.75 Å². The monoisotopic (exact) mass is 398 g/mol. The first-order chi connectivity index (χ1) is 9.92. The highest BCUT2D eigenvalue weighted by Gasteiger charge is 2.61. The molecule has 1 aromatic carbocycles. The number of benzene rings is 1. The third kappa shape index (κ3) is 1.94. The van der Waals surface area contributed by atoms with Gasteiger partial charge in [0.15, 0.2) is 0 Å². The maximum Gasteiger partial charge on any atom is 0.309 e. The van der Waals surface area contributed by atoms with E-state index >= 15 is 0 Å². The Kier molecular flexibility index (Phi) is 2.88. The van der Waals surface area contributed by atoms with Gasteiger partial charge in [0.05, 0.1) is 8.99 Å². The summed E-state index contributed by atoms with van der Waals surface area (Å²) in [6, 6.07) is 5.85. The molecule has 0 radical (unpaired) electrons. The van der Waals surface area contributed by atoms with Gasteiger partial charge in [-0.15, -0.1) is 0 Å². The summed E-state index contributed by atoms with van der Waals surface area (Å²) in [7, 11) is 0. The van der Waals surface area contributed by atoms with Crippen LogP contribution in [-0.4, -0.2) is 16.2 Å². The summed E-state index contributed by atoms with van der Waals surface area (Å²) in [5, 5.41) is 19.6. The molecular formula is C17H19IO3. The summed E-state index contributed by atoms with van der Waals surface area (Å²) in [4.78, 5) is 11.9. The molecule has 112 valence electrons. The number of rotatable bonds is 2. The zero-order valence-electron chi connectivity index (χ0n) is 11.8. The number of phenolic OH excluding ortho intramolecular Hbond substituents is 1. The van der Waals surface area contributed by atoms with E-state index < -0.39 is 11.4 Å². The average Bonchev–Trinajstić information content (AvgIpc) is 2.40. The molecular weight excluding hydrogens is 379 g/mol. The lowest BCUT2D eigenvalue weighted by molar-refractivity contribution is -0.167. The molecule has 4 bridgehead atoms. The van der Waals surface area contributed by atoms with E-state index in [0.29, 0.717) is 17.6 Å². The molecule has 0 saturated heterocycles. The molecule has 4 saturated carbocycles. The molecule has 4 aliphatic rings. The lowest BCUT2D eigenvalue weighted by Gasteiger charge is -2.60. The van der Waals surface area contributed by atoms with Crippen LogP contribution in [0, 0.1) is 20.8 Å². The SMILES string of the molecule is O=C(O)C12CC3CC(C1)CC(c1ccc(O)c(I)c1)(C3)C2. The number of aromatic hydroxyl groups is 1. The van der Waals surface area contributed by atoms with Crippen LogP contribution in [0.4, 0.5) is 0 Å². The largest absolute Gasteiger partial charge is 0.507 e. The Balaban J connectivity index is 1.80. The van der Waals surface area contributed by atoms with Crippen LogP contribution < -0.4 is 0 Å². The standard InChI is InChI=1S/C17H19IO3/c18-13-4-12(1-2-14(13)19)16-5-10-3-11(6-16)8-17(7-10,9-16)15(20)21/h1-2,4,10-11,19H,3,5-9H2,(H,20,21). The Labute approximate surface area is 137 Å². The van der Waals surface area contributed by atoms with Crippen molar-refractivity contribution in [3.63, 3.8) is 0 Å². The van der Waals surface area contributed by atoms with Crippen molar-refractivity contribution in [2.75, 3.05) is 0 Å². The topological polar surface area (TPSA) is 57.5 Å². The molecule has 0 aromatic heterocycles. The van der Waals surface area contributed by atoms with E-state index in [2.05, 4.69) is 28.7 Å². The summed E-state index contributed by atoms with van der Waals surface area (Å²) in [5.74, 6) is 0.856. The van der Waals surface area contributed by atoms with E-state index in [0.717, 1.165) is 35.7 Å². The number of carboxylic acid groups (broad SMARTS) is 1. The molecule has 2 atom stereocenters. The van der Waals surface area contributed by atoms with Gasteiger partial charge in [0.1, 0.15) is 5.75 Å². The number of halogens is 1. The molecule has 1 aromatic rings. The van der Waals surface area contributed by atoms with Crippen LogP contribution in [-0.2, 0) is 10.2 Å². The molecule has 2 unspecified atom stereocenters. The molecule has 0 heterocycles. The van der Waals surface area contributed by atoms with Gasteiger partial charge in [0, 0.05) is 0 Å². The van der Waals surface area contributed by atoms with Gasteiger partial charge in [0.2, 0.25) is 0 Å². The Hall–Kier alpha value is -0.780. The maximum atomic E-state index is 11.9. The van der Waals surface area contributed by atoms with Crippen LogP contribution in [0.15, 0.2) is 18.2 Å². The maximum absolute atomic E-state index is 11.9. The highest BCUT2D eigenvalue weighted by Crippen LogP contribution is 2.65. The minimum absolute atomic E-state index is 0.0239. The summed E-state index contributed by atoms with van der Waals surface area (Å²) in [6.45, 7) is 0. The first-order valence-corrected chi connectivity index (χ1v) is 8.73. The predicted octanol–water partition coefficient (Wildman–Crippen LogP) is 3.92. The lowest BCUT2D eigenvalue weighted by atomic mass is 9.43. The lowest BCUT2D eigenvalue weighted by Crippen LogP contribution is -2.56. The van der Waals surface area contributed by atoms with Crippen molar-refractivity contribution < 1.29 is 15.0 Å². The van der Waals surface area contributed by atoms with Gasteiger partial charge in [-0.25, -0.2) is 0 Å². The van der Waals surface area contributed by atoms with Gasteiger partial charge in [-0.3, -0.25) is 4.79 Å². The van der Waals surface area contributed by atoms with Gasteiger partial charge < -0.3 is 10.2 Å². The summed E-state index contributed by atoms with van der Waals surface area (Å²) >= 11 is 2.16. The molecule has 5 rings (SSSR count). The summed E-state index contributed by atoms with van der Waals surface area (Å²) in [5.41, 5.74) is 0.771. The minimum atomic E-state index is -0.588. The fourth-order valence-electron chi connectivity index (χ4n) is 5.69. The fraction of sp³-hybridized carbons (Fsp3) is 0.588. The number of carboxylic acids is 1. The quantitative estimate of drug-likeness (QED) is 0.743. The molecule has 4 fully saturated rings. The minimum Gasteiger partial charge on any atom is -0.507 e. The van der Waals surface area contributed by atoms with Crippen LogP contribution in [0.25, 0.3) is 0 Å². The highest BCUT2D eigenvalue weighted by atomic mass is 127. The molecule has 2 N–H and O–H groups in total. The van der Waals surface area contributed by atoms with Crippen molar-refractivity contribution >= 4 is 28.6 Å². The Morgan fingerprint density at radius 2 is 1.86 bits per heavy atom. The zero-order valence-corrected chi connectivity index (χ0v) is 14.0. The summed E-state index contributed by atoms with van der Waals surface area (Å²) < 4.78 is 0.866. The molecule has 4 aliphatic carbocycles. The molecule has 0 amide bonds. The fourth-order valence-corrected chi connectivity index (χ4v) is 6.20. The molecule has 0 spiro atoms. The van der Waals surface area contributed by atoms with Crippen molar-refractivity contribution in [1.82, 2.24) is 0 Å². The van der Waals surface area contributed by atoms with E-state index in [-0.39, 0.29) is 5.41 Å². The van der Waals surface area contributed by atoms with Crippen molar-refractivity contribution in [2.45, 2.75) is 43.9 Å². The van der Waals surface area contributed by atoms with Crippen LogP contribution in [0.3, 0.4) is 0 Å². The number of phenols is 1. The second kappa shape index (κ2) is 4.37. The first kappa shape index (κ1) is 13.9. The molecule has 21 heavy (non-hydrogen) atoms. The summed E-state index contributed by atoms with van der Waals surface area (Å²) in [6.07, 6.45) is 5.99. The normalized spacial score (nSPS) is 40.4. The van der Waals surface area contributed by atoms with Crippen LogP contribution >= 0.6 is 22.6 Å². The van der Waals surface area contributed by atoms with Crippen molar-refractivity contribution in [2.24, 2.45) is 17.3 Å². The molecule has 0 aliphatic heterocycles. The molecule has 3 nitrogen and oxygen atoms in total. The van der Waals surface area contributed by atoms with Gasteiger partial charge in [0.25, 0.3) is 0 Å². The zero-order chi connectivity index (χ0) is 14.8. The Morgan fingerprint density at radius 1 is 1.19 bits per heavy atom. The van der Waals surface area contributed by atoms with Gasteiger partial charge in [-0.1, -0.05) is 6.07 Å². The van der Waals surface area contributed by atoms with E-state index in [9.17, 15) is 15.0 Å². The average molecular weight is 398 g/mol. The third-order valence-electron chi connectivity index (χ3n) is 6.07. The Morgan fingerprint density at radius 3 is 2.43 bits per heavy atom. The highest BCUT2D eigenvalue weighted by molar-refractivity contribution is 14.1. The van der Waals surface area contributed by atoms with Crippen molar-refractivity contribution in [1.29, 1.82) is 0 Å². The second-order valence-corrected chi connectivity index (χ2v) is 8.66. The smallest absolute Gasteiger partial charge is 0.309 e. The van der Waals surface area contributed by atoms with Crippen LogP contribution in [0.5, 0.6) is 5.75 Å². The second-order valence-electron chi connectivity index (χ2n) is 7.49. The number of hydrogen-bond acceptors (Lipinski definition) is 2. The van der Waals surface area contributed by atoms with Gasteiger partial charge in [-0.2, -0.15) is 0 Å². The number of hydrogen-bond donors (Lipinski definition) is 2. The van der Waals surface area contributed by atoms with E-state index in [4.69, 9.17) is 0 Å². The molecule has 4 heteroatoms. The van der Waals surface area contributed by atoms with Gasteiger partial charge >= 0.3 is 5.97 Å². The van der Waals surface area contributed by atoms with E-state index in [1.807, 2.05) is 6.07 Å². The van der Waals surface area contributed by atoms with Gasteiger partial charge in [-0.05, 0) is 96.1 Å². The Bertz CT molecular complexity index is 610. The number of aliphatic carboxylic acids is 1. The first-order valence-electron chi connectivity index (χ1n) is 7.65. The van der Waals surface area contributed by atoms with Crippen molar-refractivity contribution in [3.05, 3.63) is 27.3 Å².